The minimum Gasteiger partial charge on any atom is -0.327 e. The maximum Gasteiger partial charge on any atom is 0.157 e. The number of nitrogens with zero attached hydrogens (tertiary/aromatic N) is 3. The standard InChI is InChI=1S/C21H25F3N4/c22-16-7-18(24)17(23)6-15(16)14-4-3-13(5-19(14)25)28-9-12-8-26-21(11-1-2-11)27-20(12)10-28/h7-8,11,13-15,19H,1-6,9-10,25H2/t13?,14-,15?,19?/m1/s1. The van der Waals surface area contributed by atoms with E-state index in [1.54, 1.807) is 0 Å². The number of rotatable bonds is 3. The van der Waals surface area contributed by atoms with E-state index < -0.39 is 23.4 Å². The van der Waals surface area contributed by atoms with Gasteiger partial charge in [0.1, 0.15) is 17.5 Å². The highest BCUT2D eigenvalue weighted by atomic mass is 19.2. The summed E-state index contributed by atoms with van der Waals surface area (Å²) in [5.41, 5.74) is 8.71. The molecule has 0 spiro atoms. The molecule has 0 saturated heterocycles. The molecule has 2 heterocycles. The van der Waals surface area contributed by atoms with Gasteiger partial charge in [-0.15, -0.1) is 0 Å². The molecule has 2 saturated carbocycles. The number of hydrogen-bond donors (Lipinski definition) is 1. The van der Waals surface area contributed by atoms with Gasteiger partial charge in [-0.1, -0.05) is 0 Å². The van der Waals surface area contributed by atoms with Crippen molar-refractivity contribution in [2.75, 3.05) is 0 Å². The van der Waals surface area contributed by atoms with Gasteiger partial charge in [0, 0.05) is 61.3 Å². The quantitative estimate of drug-likeness (QED) is 0.841. The molecule has 4 nitrogen and oxygen atoms in total. The molecule has 28 heavy (non-hydrogen) atoms. The maximum atomic E-state index is 14.3. The van der Waals surface area contributed by atoms with E-state index in [0.717, 1.165) is 43.9 Å². The first-order valence-corrected chi connectivity index (χ1v) is 10.2. The predicted octanol–water partition coefficient (Wildman–Crippen LogP) is 4.19. The molecule has 0 bridgehead atoms. The van der Waals surface area contributed by atoms with Gasteiger partial charge in [-0.05, 0) is 38.0 Å². The van der Waals surface area contributed by atoms with E-state index in [4.69, 9.17) is 10.7 Å². The van der Waals surface area contributed by atoms with E-state index >= 15 is 0 Å². The molecule has 7 heteroatoms. The predicted molar refractivity (Wildman–Crippen MR) is 98.9 cm³/mol. The van der Waals surface area contributed by atoms with Gasteiger partial charge in [-0.25, -0.2) is 23.1 Å². The minimum atomic E-state index is -1.09. The molecule has 4 aliphatic rings. The highest BCUT2D eigenvalue weighted by Gasteiger charge is 2.40. The van der Waals surface area contributed by atoms with Crippen LogP contribution in [-0.4, -0.2) is 27.0 Å². The molecule has 3 unspecified atom stereocenters. The van der Waals surface area contributed by atoms with Crippen LogP contribution < -0.4 is 5.73 Å². The van der Waals surface area contributed by atoms with Gasteiger partial charge in [0.25, 0.3) is 0 Å². The van der Waals surface area contributed by atoms with Crippen LogP contribution in [0.15, 0.2) is 29.8 Å². The summed E-state index contributed by atoms with van der Waals surface area (Å²) in [6.45, 7) is 1.63. The number of allylic oxidation sites excluding steroid dienone is 4. The Morgan fingerprint density at radius 2 is 1.89 bits per heavy atom. The lowest BCUT2D eigenvalue weighted by Crippen LogP contribution is -2.47. The van der Waals surface area contributed by atoms with Gasteiger partial charge in [-0.2, -0.15) is 0 Å². The third-order valence-corrected chi connectivity index (χ3v) is 6.88. The van der Waals surface area contributed by atoms with Gasteiger partial charge in [0.15, 0.2) is 5.83 Å². The van der Waals surface area contributed by atoms with Crippen LogP contribution in [0.25, 0.3) is 0 Å². The van der Waals surface area contributed by atoms with Gasteiger partial charge in [-0.3, -0.25) is 4.90 Å². The first-order valence-electron chi connectivity index (χ1n) is 10.2. The van der Waals surface area contributed by atoms with Crippen molar-refractivity contribution < 1.29 is 13.2 Å². The van der Waals surface area contributed by atoms with E-state index in [0.29, 0.717) is 18.0 Å². The number of halogens is 3. The van der Waals surface area contributed by atoms with Crippen molar-refractivity contribution in [3.05, 3.63) is 46.8 Å². The van der Waals surface area contributed by atoms with E-state index in [9.17, 15) is 13.2 Å². The number of fused-ring (bicyclic) bond motifs is 1. The fourth-order valence-corrected chi connectivity index (χ4v) is 5.08. The van der Waals surface area contributed by atoms with Crippen LogP contribution >= 0.6 is 0 Å². The Hall–Kier alpha value is -1.73. The summed E-state index contributed by atoms with van der Waals surface area (Å²) in [6.07, 6.45) is 7.15. The Morgan fingerprint density at radius 3 is 2.64 bits per heavy atom. The maximum absolute atomic E-state index is 14.3. The van der Waals surface area contributed by atoms with E-state index in [1.807, 2.05) is 6.20 Å². The van der Waals surface area contributed by atoms with Crippen LogP contribution in [0, 0.1) is 11.8 Å². The summed E-state index contributed by atoms with van der Waals surface area (Å²) >= 11 is 0. The van der Waals surface area contributed by atoms with Crippen LogP contribution in [0.2, 0.25) is 0 Å². The Kier molecular flexibility index (Phi) is 4.55. The van der Waals surface area contributed by atoms with E-state index in [1.165, 1.54) is 18.4 Å². The first-order chi connectivity index (χ1) is 13.5. The van der Waals surface area contributed by atoms with Crippen LogP contribution in [-0.2, 0) is 13.1 Å². The van der Waals surface area contributed by atoms with Crippen molar-refractivity contribution in [3.63, 3.8) is 0 Å². The summed E-state index contributed by atoms with van der Waals surface area (Å²) in [4.78, 5) is 11.7. The Balaban J connectivity index is 1.24. The second-order valence-corrected chi connectivity index (χ2v) is 8.77. The average molecular weight is 390 g/mol. The zero-order valence-electron chi connectivity index (χ0n) is 15.8. The van der Waals surface area contributed by atoms with Gasteiger partial charge < -0.3 is 5.73 Å². The van der Waals surface area contributed by atoms with Crippen molar-refractivity contribution in [2.45, 2.75) is 69.6 Å². The summed E-state index contributed by atoms with van der Waals surface area (Å²) < 4.78 is 41.2. The molecule has 5 rings (SSSR count). The highest BCUT2D eigenvalue weighted by molar-refractivity contribution is 5.27. The Morgan fingerprint density at radius 1 is 1.07 bits per heavy atom. The summed E-state index contributed by atoms with van der Waals surface area (Å²) in [5.74, 6) is -1.80. The second-order valence-electron chi connectivity index (χ2n) is 8.77. The van der Waals surface area contributed by atoms with Crippen molar-refractivity contribution in [1.29, 1.82) is 0 Å². The molecular formula is C21H25F3N4. The smallest absolute Gasteiger partial charge is 0.157 e. The van der Waals surface area contributed by atoms with Crippen LogP contribution in [0.5, 0.6) is 0 Å². The molecule has 1 aliphatic heterocycles. The topological polar surface area (TPSA) is 55.0 Å². The highest BCUT2D eigenvalue weighted by Crippen LogP contribution is 2.43. The van der Waals surface area contributed by atoms with Crippen LogP contribution in [0.3, 0.4) is 0 Å². The molecule has 0 aromatic carbocycles. The van der Waals surface area contributed by atoms with Crippen LogP contribution in [0.1, 0.15) is 61.5 Å². The van der Waals surface area contributed by atoms with Gasteiger partial charge >= 0.3 is 0 Å². The molecule has 0 radical (unpaired) electrons. The van der Waals surface area contributed by atoms with Gasteiger partial charge in [0.2, 0.25) is 0 Å². The third kappa shape index (κ3) is 3.28. The van der Waals surface area contributed by atoms with Crippen molar-refractivity contribution >= 4 is 0 Å². The molecule has 2 N–H and O–H groups in total. The fourth-order valence-electron chi connectivity index (χ4n) is 5.08. The molecule has 150 valence electrons. The van der Waals surface area contributed by atoms with E-state index in [-0.39, 0.29) is 18.4 Å². The molecule has 2 fully saturated rings. The van der Waals surface area contributed by atoms with Crippen molar-refractivity contribution in [1.82, 2.24) is 14.9 Å². The zero-order valence-corrected chi connectivity index (χ0v) is 15.8. The molecule has 4 atom stereocenters. The SMILES string of the molecule is NC1CC(N2Cc3cnc(C4CC4)nc3C2)CC[C@@H]1C1CC(F)=C(F)C=C1F. The first kappa shape index (κ1) is 18.3. The number of nitrogens with two attached hydrogens (primary N) is 1. The summed E-state index contributed by atoms with van der Waals surface area (Å²) in [7, 11) is 0. The fraction of sp³-hybridized carbons (Fsp3) is 0.619. The Labute approximate surface area is 162 Å². The van der Waals surface area contributed by atoms with Crippen molar-refractivity contribution in [3.8, 4) is 0 Å². The molecule has 1 aromatic rings. The lowest BCUT2D eigenvalue weighted by atomic mass is 9.72. The minimum absolute atomic E-state index is 0.155. The molecule has 3 aliphatic carbocycles. The molecule has 1 aromatic heterocycles. The molecular weight excluding hydrogens is 365 g/mol. The largest absolute Gasteiger partial charge is 0.327 e. The van der Waals surface area contributed by atoms with E-state index in [2.05, 4.69) is 9.88 Å². The Bertz CT molecular complexity index is 848. The molecule has 0 amide bonds. The van der Waals surface area contributed by atoms with Crippen LogP contribution in [0.4, 0.5) is 13.2 Å². The van der Waals surface area contributed by atoms with Crippen molar-refractivity contribution in [2.24, 2.45) is 17.6 Å². The zero-order chi connectivity index (χ0) is 19.4. The monoisotopic (exact) mass is 390 g/mol. The average Bonchev–Trinajstić information content (AvgIpc) is 3.43. The number of hydrogen-bond acceptors (Lipinski definition) is 4. The lowest BCUT2D eigenvalue weighted by molar-refractivity contribution is 0.0990. The summed E-state index contributed by atoms with van der Waals surface area (Å²) in [6, 6.07) is 0.0752. The van der Waals surface area contributed by atoms with Gasteiger partial charge in [0.05, 0.1) is 5.69 Å². The third-order valence-electron chi connectivity index (χ3n) is 6.88. The normalized spacial score (nSPS) is 33.8. The lowest BCUT2D eigenvalue weighted by Gasteiger charge is -2.41. The number of aromatic nitrogens is 2. The summed E-state index contributed by atoms with van der Waals surface area (Å²) in [5, 5.41) is 0. The second kappa shape index (κ2) is 6.95.